The van der Waals surface area contributed by atoms with Crippen LogP contribution in [0.15, 0.2) is 71.6 Å². The first-order valence-electron chi connectivity index (χ1n) is 8.83. The van der Waals surface area contributed by atoms with Gasteiger partial charge in [0.05, 0.1) is 10.6 Å². The van der Waals surface area contributed by atoms with Gasteiger partial charge in [0.2, 0.25) is 0 Å². The number of rotatable bonds is 5. The Balaban J connectivity index is 1.79. The van der Waals surface area contributed by atoms with E-state index in [9.17, 15) is 13.2 Å². The largest absolute Gasteiger partial charge is 0.322 e. The first-order chi connectivity index (χ1) is 13.2. The van der Waals surface area contributed by atoms with E-state index in [-0.39, 0.29) is 10.8 Å². The van der Waals surface area contributed by atoms with E-state index in [1.54, 1.807) is 43.3 Å². The summed E-state index contributed by atoms with van der Waals surface area (Å²) in [5, 5.41) is 2.88. The monoisotopic (exact) mass is 394 g/mol. The zero-order chi connectivity index (χ0) is 20.3. The lowest BCUT2D eigenvalue weighted by molar-refractivity contribution is 0.102. The van der Waals surface area contributed by atoms with Crippen LogP contribution in [0, 0.1) is 20.8 Å². The third-order valence-electron chi connectivity index (χ3n) is 4.27. The van der Waals surface area contributed by atoms with Crippen molar-refractivity contribution in [3.63, 3.8) is 0 Å². The first kappa shape index (κ1) is 19.6. The van der Waals surface area contributed by atoms with Crippen molar-refractivity contribution in [1.29, 1.82) is 0 Å². The van der Waals surface area contributed by atoms with E-state index < -0.39 is 10.0 Å². The summed E-state index contributed by atoms with van der Waals surface area (Å²) in [5.74, 6) is -0.245. The number of hydrogen-bond donors (Lipinski definition) is 2. The van der Waals surface area contributed by atoms with Gasteiger partial charge in [-0.05, 0) is 79.9 Å². The third-order valence-corrected chi connectivity index (χ3v) is 5.65. The van der Waals surface area contributed by atoms with Gasteiger partial charge in [-0.3, -0.25) is 9.52 Å². The Kier molecular flexibility index (Phi) is 5.51. The molecule has 0 unspecified atom stereocenters. The van der Waals surface area contributed by atoms with E-state index >= 15 is 0 Å². The van der Waals surface area contributed by atoms with E-state index in [0.29, 0.717) is 16.8 Å². The Labute approximate surface area is 165 Å². The van der Waals surface area contributed by atoms with Crippen molar-refractivity contribution in [2.45, 2.75) is 25.7 Å². The van der Waals surface area contributed by atoms with Gasteiger partial charge in [-0.15, -0.1) is 0 Å². The predicted octanol–water partition coefficient (Wildman–Crippen LogP) is 4.66. The van der Waals surface area contributed by atoms with Crippen LogP contribution >= 0.6 is 0 Å². The second-order valence-electron chi connectivity index (χ2n) is 6.78. The molecule has 2 N–H and O–H groups in total. The Bertz CT molecular complexity index is 1100. The number of carbonyl (C=O) groups is 1. The third kappa shape index (κ3) is 4.58. The lowest BCUT2D eigenvalue weighted by Gasteiger charge is -2.12. The molecule has 1 amide bonds. The number of sulfonamides is 1. The molecule has 6 heteroatoms. The average Bonchev–Trinajstić information content (AvgIpc) is 2.63. The van der Waals surface area contributed by atoms with Gasteiger partial charge in [0.15, 0.2) is 0 Å². The van der Waals surface area contributed by atoms with Gasteiger partial charge < -0.3 is 5.32 Å². The highest BCUT2D eigenvalue weighted by Crippen LogP contribution is 2.22. The van der Waals surface area contributed by atoms with Crippen LogP contribution in [0.1, 0.15) is 27.0 Å². The number of hydrogen-bond acceptors (Lipinski definition) is 3. The van der Waals surface area contributed by atoms with Crippen LogP contribution in [0.5, 0.6) is 0 Å². The fourth-order valence-electron chi connectivity index (χ4n) is 2.97. The Hall–Kier alpha value is -3.12. The van der Waals surface area contributed by atoms with Crippen LogP contribution in [-0.2, 0) is 10.0 Å². The van der Waals surface area contributed by atoms with Crippen molar-refractivity contribution in [2.24, 2.45) is 0 Å². The molecule has 0 aromatic heterocycles. The Morgan fingerprint density at radius 2 is 1.46 bits per heavy atom. The molecule has 0 saturated carbocycles. The molecule has 3 aromatic rings. The van der Waals surface area contributed by atoms with Gasteiger partial charge in [0.1, 0.15) is 0 Å². The van der Waals surface area contributed by atoms with Crippen LogP contribution in [0.2, 0.25) is 0 Å². The van der Waals surface area contributed by atoms with E-state index in [0.717, 1.165) is 16.8 Å². The van der Waals surface area contributed by atoms with Crippen LogP contribution in [0.25, 0.3) is 0 Å². The summed E-state index contributed by atoms with van der Waals surface area (Å²) in [6.07, 6.45) is 0. The van der Waals surface area contributed by atoms with Gasteiger partial charge in [0.25, 0.3) is 15.9 Å². The molecule has 0 aliphatic carbocycles. The minimum Gasteiger partial charge on any atom is -0.322 e. The van der Waals surface area contributed by atoms with E-state index in [2.05, 4.69) is 10.0 Å². The zero-order valence-electron chi connectivity index (χ0n) is 16.0. The number of aryl methyl sites for hydroxylation is 3. The summed E-state index contributed by atoms with van der Waals surface area (Å²) in [6.45, 7) is 5.71. The van der Waals surface area contributed by atoms with Crippen molar-refractivity contribution in [2.75, 3.05) is 10.0 Å². The summed E-state index contributed by atoms with van der Waals surface area (Å²) in [6, 6.07) is 18.9. The Morgan fingerprint density at radius 1 is 0.821 bits per heavy atom. The van der Waals surface area contributed by atoms with Gasteiger partial charge in [-0.1, -0.05) is 24.3 Å². The number of carbonyl (C=O) groups excluding carboxylic acids is 1. The molecule has 0 fully saturated rings. The summed E-state index contributed by atoms with van der Waals surface area (Å²) >= 11 is 0. The molecular formula is C22H22N2O3S. The van der Waals surface area contributed by atoms with E-state index in [1.165, 1.54) is 12.1 Å². The van der Waals surface area contributed by atoms with Crippen molar-refractivity contribution in [3.05, 3.63) is 89.0 Å². The molecule has 0 atom stereocenters. The first-order valence-corrected chi connectivity index (χ1v) is 10.3. The van der Waals surface area contributed by atoms with Gasteiger partial charge in [-0.25, -0.2) is 8.42 Å². The molecule has 5 nitrogen and oxygen atoms in total. The molecule has 3 rings (SSSR count). The average molecular weight is 394 g/mol. The smallest absolute Gasteiger partial charge is 0.261 e. The highest BCUT2D eigenvalue weighted by Gasteiger charge is 2.16. The maximum Gasteiger partial charge on any atom is 0.261 e. The van der Waals surface area contributed by atoms with Crippen LogP contribution in [-0.4, -0.2) is 14.3 Å². The summed E-state index contributed by atoms with van der Waals surface area (Å²) < 4.78 is 27.5. The van der Waals surface area contributed by atoms with Crippen molar-refractivity contribution in [3.8, 4) is 0 Å². The minimum absolute atomic E-state index is 0.186. The second-order valence-corrected chi connectivity index (χ2v) is 8.46. The number of benzene rings is 3. The zero-order valence-corrected chi connectivity index (χ0v) is 16.8. The van der Waals surface area contributed by atoms with Crippen LogP contribution in [0.3, 0.4) is 0 Å². The molecule has 28 heavy (non-hydrogen) atoms. The number of nitrogens with one attached hydrogen (secondary N) is 2. The van der Waals surface area contributed by atoms with E-state index in [4.69, 9.17) is 0 Å². The highest BCUT2D eigenvalue weighted by atomic mass is 32.2. The molecule has 0 aliphatic heterocycles. The van der Waals surface area contributed by atoms with E-state index in [1.807, 2.05) is 32.0 Å². The van der Waals surface area contributed by atoms with Gasteiger partial charge in [0, 0.05) is 11.3 Å². The fraction of sp³-hybridized carbons (Fsp3) is 0.136. The second kappa shape index (κ2) is 7.86. The number of amides is 1. The molecule has 0 bridgehead atoms. The number of anilines is 2. The summed E-state index contributed by atoms with van der Waals surface area (Å²) in [4.78, 5) is 12.7. The maximum atomic E-state index is 12.6. The highest BCUT2D eigenvalue weighted by molar-refractivity contribution is 7.92. The molecule has 0 saturated heterocycles. The molecular weight excluding hydrogens is 372 g/mol. The SMILES string of the molecule is Cc1cc(C)cc(NC(=O)c2ccc(NS(=O)(=O)c3ccccc3)c(C)c2)c1. The molecule has 144 valence electrons. The van der Waals surface area contributed by atoms with Crippen LogP contribution < -0.4 is 10.0 Å². The van der Waals surface area contributed by atoms with Crippen molar-refractivity contribution >= 4 is 27.3 Å². The lowest BCUT2D eigenvalue weighted by atomic mass is 10.1. The van der Waals surface area contributed by atoms with Crippen LogP contribution in [0.4, 0.5) is 11.4 Å². The molecule has 0 spiro atoms. The molecule has 3 aromatic carbocycles. The standard InChI is InChI=1S/C22H22N2O3S/c1-15-11-16(2)13-19(12-15)23-22(25)18-9-10-21(17(3)14-18)24-28(26,27)20-7-5-4-6-8-20/h4-14,24H,1-3H3,(H,23,25). The quantitative estimate of drug-likeness (QED) is 0.661. The molecule has 0 aliphatic rings. The fourth-order valence-corrected chi connectivity index (χ4v) is 4.12. The normalized spacial score (nSPS) is 11.1. The lowest BCUT2D eigenvalue weighted by Crippen LogP contribution is -2.15. The minimum atomic E-state index is -3.68. The van der Waals surface area contributed by atoms with Crippen molar-refractivity contribution in [1.82, 2.24) is 0 Å². The topological polar surface area (TPSA) is 75.3 Å². The Morgan fingerprint density at radius 3 is 2.07 bits per heavy atom. The molecule has 0 heterocycles. The molecule has 0 radical (unpaired) electrons. The maximum absolute atomic E-state index is 12.6. The van der Waals surface area contributed by atoms with Gasteiger partial charge in [-0.2, -0.15) is 0 Å². The summed E-state index contributed by atoms with van der Waals surface area (Å²) in [7, 11) is -3.68. The van der Waals surface area contributed by atoms with Gasteiger partial charge >= 0.3 is 0 Å². The summed E-state index contributed by atoms with van der Waals surface area (Å²) in [5.41, 5.74) is 4.42. The predicted molar refractivity (Wildman–Crippen MR) is 112 cm³/mol. The van der Waals surface area contributed by atoms with Crippen molar-refractivity contribution < 1.29 is 13.2 Å².